The van der Waals surface area contributed by atoms with Gasteiger partial charge in [-0.25, -0.2) is 0 Å². The lowest BCUT2D eigenvalue weighted by Gasteiger charge is -2.10. The Kier molecular flexibility index (Phi) is 5.37. The van der Waals surface area contributed by atoms with Crippen molar-refractivity contribution in [3.05, 3.63) is 78.6 Å². The molecule has 1 aromatic carbocycles. The predicted molar refractivity (Wildman–Crippen MR) is 101 cm³/mol. The Morgan fingerprint density at radius 3 is 2.36 bits per heavy atom. The fourth-order valence-corrected chi connectivity index (χ4v) is 2.72. The van der Waals surface area contributed by atoms with E-state index in [1.165, 1.54) is 22.2 Å². The fourth-order valence-electron chi connectivity index (χ4n) is 2.72. The summed E-state index contributed by atoms with van der Waals surface area (Å²) in [7, 11) is 0. The molecule has 112 valence electrons. The van der Waals surface area contributed by atoms with Gasteiger partial charge in [-0.3, -0.25) is 0 Å². The van der Waals surface area contributed by atoms with Crippen molar-refractivity contribution in [1.29, 1.82) is 0 Å². The molecule has 0 atom stereocenters. The second-order valence-corrected chi connectivity index (χ2v) is 4.98. The lowest BCUT2D eigenvalue weighted by Crippen LogP contribution is -1.97. The van der Waals surface area contributed by atoms with E-state index in [2.05, 4.69) is 78.8 Å². The van der Waals surface area contributed by atoms with Gasteiger partial charge in [0.05, 0.1) is 11.2 Å². The molecule has 2 rings (SSSR count). The van der Waals surface area contributed by atoms with Crippen LogP contribution >= 0.6 is 0 Å². The lowest BCUT2D eigenvalue weighted by atomic mass is 10.1. The number of allylic oxidation sites excluding steroid dienone is 7. The van der Waals surface area contributed by atoms with Crippen molar-refractivity contribution < 1.29 is 0 Å². The third-order valence-electron chi connectivity index (χ3n) is 3.49. The average Bonchev–Trinajstić information content (AvgIpc) is 2.82. The molecule has 0 spiro atoms. The van der Waals surface area contributed by atoms with Gasteiger partial charge >= 0.3 is 0 Å². The molecule has 0 aliphatic heterocycles. The van der Waals surface area contributed by atoms with Crippen LogP contribution in [0.25, 0.3) is 28.8 Å². The summed E-state index contributed by atoms with van der Waals surface area (Å²) in [4.78, 5) is 0. The molecule has 1 heteroatoms. The normalized spacial score (nSPS) is 13.1. The third-order valence-corrected chi connectivity index (χ3v) is 3.49. The van der Waals surface area contributed by atoms with Gasteiger partial charge in [0.1, 0.15) is 0 Å². The van der Waals surface area contributed by atoms with Gasteiger partial charge in [-0.1, -0.05) is 55.2 Å². The van der Waals surface area contributed by atoms with Crippen LogP contribution in [-0.2, 0) is 0 Å². The van der Waals surface area contributed by atoms with Crippen LogP contribution in [0.3, 0.4) is 0 Å². The largest absolute Gasteiger partial charge is 0.309 e. The smallest absolute Gasteiger partial charge is 0.0541 e. The molecule has 0 aliphatic rings. The fraction of sp³-hybridized carbons (Fsp3) is 0.143. The topological polar surface area (TPSA) is 4.93 Å². The predicted octanol–water partition coefficient (Wildman–Crippen LogP) is 6.31. The van der Waals surface area contributed by atoms with E-state index in [1.807, 2.05) is 26.0 Å². The first kappa shape index (κ1) is 15.8. The molecular formula is C21H23N. The van der Waals surface area contributed by atoms with Crippen molar-refractivity contribution in [2.24, 2.45) is 0 Å². The van der Waals surface area contributed by atoms with Crippen LogP contribution in [-0.4, -0.2) is 4.57 Å². The highest BCUT2D eigenvalue weighted by Gasteiger charge is 2.14. The molecule has 2 aromatic rings. The number of benzene rings is 1. The van der Waals surface area contributed by atoms with Crippen LogP contribution in [0, 0.1) is 0 Å². The quantitative estimate of drug-likeness (QED) is 0.568. The van der Waals surface area contributed by atoms with Crippen molar-refractivity contribution >= 4 is 28.8 Å². The van der Waals surface area contributed by atoms with E-state index in [0.717, 1.165) is 5.70 Å². The SMILES string of the molecule is C=C/C=C(\C=C/C)n1c(/C=C\C)c(/C=C\C)c2ccccc21. The standard InChI is InChI=1S/C21H23N/c1-5-11-17(12-6-2)22-20(14-8-4)18(13-7-3)19-15-9-10-16-21(19)22/h5-16H,1H2,2-4H3/b12-6-,13-7-,14-8-,17-11+. The molecule has 0 saturated carbocycles. The molecule has 0 N–H and O–H groups in total. The van der Waals surface area contributed by atoms with E-state index >= 15 is 0 Å². The van der Waals surface area contributed by atoms with Crippen LogP contribution in [0.5, 0.6) is 0 Å². The van der Waals surface area contributed by atoms with E-state index in [0.29, 0.717) is 0 Å². The summed E-state index contributed by atoms with van der Waals surface area (Å²) in [5.41, 5.74) is 4.75. The van der Waals surface area contributed by atoms with E-state index in [-0.39, 0.29) is 0 Å². The number of fused-ring (bicyclic) bond motifs is 1. The van der Waals surface area contributed by atoms with E-state index < -0.39 is 0 Å². The van der Waals surface area contributed by atoms with Crippen LogP contribution in [0.2, 0.25) is 0 Å². The Hall–Kier alpha value is -2.54. The van der Waals surface area contributed by atoms with Gasteiger partial charge in [0.2, 0.25) is 0 Å². The molecule has 0 radical (unpaired) electrons. The zero-order valence-electron chi connectivity index (χ0n) is 13.6. The number of nitrogens with zero attached hydrogens (tertiary/aromatic N) is 1. The van der Waals surface area contributed by atoms with Crippen LogP contribution in [0.4, 0.5) is 0 Å². The van der Waals surface area contributed by atoms with E-state index in [4.69, 9.17) is 0 Å². The number of rotatable bonds is 5. The van der Waals surface area contributed by atoms with Crippen molar-refractivity contribution in [1.82, 2.24) is 4.57 Å². The van der Waals surface area contributed by atoms with Crippen molar-refractivity contribution in [2.45, 2.75) is 20.8 Å². The molecule has 0 saturated heterocycles. The molecule has 0 fully saturated rings. The highest BCUT2D eigenvalue weighted by atomic mass is 15.0. The summed E-state index contributed by atoms with van der Waals surface area (Å²) in [5.74, 6) is 0. The minimum absolute atomic E-state index is 1.11. The van der Waals surface area contributed by atoms with E-state index in [9.17, 15) is 0 Å². The van der Waals surface area contributed by atoms with Gasteiger partial charge in [-0.05, 0) is 45.1 Å². The zero-order valence-corrected chi connectivity index (χ0v) is 13.6. The highest BCUT2D eigenvalue weighted by Crippen LogP contribution is 2.31. The highest BCUT2D eigenvalue weighted by molar-refractivity contribution is 5.97. The van der Waals surface area contributed by atoms with Crippen LogP contribution < -0.4 is 0 Å². The summed E-state index contributed by atoms with van der Waals surface area (Å²) in [6.45, 7) is 9.99. The van der Waals surface area contributed by atoms with E-state index in [1.54, 1.807) is 0 Å². The van der Waals surface area contributed by atoms with Crippen LogP contribution in [0.1, 0.15) is 32.0 Å². The van der Waals surface area contributed by atoms with Gasteiger partial charge in [-0.15, -0.1) is 0 Å². The molecule has 0 bridgehead atoms. The minimum Gasteiger partial charge on any atom is -0.309 e. The molecule has 0 unspecified atom stereocenters. The van der Waals surface area contributed by atoms with Crippen molar-refractivity contribution in [2.75, 3.05) is 0 Å². The Morgan fingerprint density at radius 1 is 1.00 bits per heavy atom. The maximum atomic E-state index is 3.85. The van der Waals surface area contributed by atoms with Gasteiger partial charge in [0.15, 0.2) is 0 Å². The maximum absolute atomic E-state index is 3.85. The summed E-state index contributed by atoms with van der Waals surface area (Å²) in [6.07, 6.45) is 16.5. The summed E-state index contributed by atoms with van der Waals surface area (Å²) in [5, 5.41) is 1.26. The second kappa shape index (κ2) is 7.46. The first-order valence-electron chi connectivity index (χ1n) is 7.63. The summed E-state index contributed by atoms with van der Waals surface area (Å²) >= 11 is 0. The number of hydrogen-bond donors (Lipinski definition) is 0. The first-order chi connectivity index (χ1) is 10.8. The molecule has 1 nitrogen and oxygen atoms in total. The Labute approximate surface area is 133 Å². The van der Waals surface area contributed by atoms with Gasteiger partial charge < -0.3 is 4.57 Å². The minimum atomic E-state index is 1.11. The molecule has 1 heterocycles. The van der Waals surface area contributed by atoms with Gasteiger partial charge in [0, 0.05) is 16.6 Å². The van der Waals surface area contributed by atoms with Crippen molar-refractivity contribution in [3.63, 3.8) is 0 Å². The maximum Gasteiger partial charge on any atom is 0.0541 e. The number of aromatic nitrogens is 1. The summed E-state index contributed by atoms with van der Waals surface area (Å²) in [6, 6.07) is 8.51. The molecule has 0 amide bonds. The average molecular weight is 289 g/mol. The lowest BCUT2D eigenvalue weighted by molar-refractivity contribution is 1.15. The van der Waals surface area contributed by atoms with Gasteiger partial charge in [-0.2, -0.15) is 0 Å². The first-order valence-corrected chi connectivity index (χ1v) is 7.63. The van der Waals surface area contributed by atoms with Crippen LogP contribution in [0.15, 0.2) is 67.3 Å². The van der Waals surface area contributed by atoms with Crippen molar-refractivity contribution in [3.8, 4) is 0 Å². The molecule has 22 heavy (non-hydrogen) atoms. The van der Waals surface area contributed by atoms with Gasteiger partial charge in [0.25, 0.3) is 0 Å². The molecule has 0 aliphatic carbocycles. The summed E-state index contributed by atoms with van der Waals surface area (Å²) < 4.78 is 2.28. The molecular weight excluding hydrogens is 266 g/mol. The Morgan fingerprint density at radius 2 is 1.73 bits per heavy atom. The number of para-hydroxylation sites is 1. The monoisotopic (exact) mass is 289 g/mol. The Balaban J connectivity index is 2.95. The zero-order chi connectivity index (χ0) is 15.9. The molecule has 1 aromatic heterocycles. The Bertz CT molecular complexity index is 780. The number of hydrogen-bond acceptors (Lipinski definition) is 0. The second-order valence-electron chi connectivity index (χ2n) is 4.98. The third kappa shape index (κ3) is 2.89.